The van der Waals surface area contributed by atoms with E-state index in [0.717, 1.165) is 28.0 Å². The molecule has 0 aliphatic rings. The van der Waals surface area contributed by atoms with Crippen molar-refractivity contribution in [2.75, 3.05) is 12.4 Å². The maximum atomic E-state index is 12.8. The molecular formula is C24H24ClNO3. The van der Waals surface area contributed by atoms with Crippen molar-refractivity contribution >= 4 is 23.2 Å². The normalized spacial score (nSPS) is 10.5. The van der Waals surface area contributed by atoms with E-state index in [9.17, 15) is 4.79 Å². The summed E-state index contributed by atoms with van der Waals surface area (Å²) in [5.74, 6) is 1.24. The summed E-state index contributed by atoms with van der Waals surface area (Å²) in [7, 11) is 1.60. The van der Waals surface area contributed by atoms with Crippen LogP contribution in [-0.2, 0) is 6.61 Å². The van der Waals surface area contributed by atoms with Crippen molar-refractivity contribution in [3.63, 3.8) is 0 Å². The van der Waals surface area contributed by atoms with Gasteiger partial charge in [-0.2, -0.15) is 0 Å². The number of nitrogens with one attached hydrogen (secondary N) is 1. The van der Waals surface area contributed by atoms with E-state index in [4.69, 9.17) is 21.1 Å². The predicted octanol–water partition coefficient (Wildman–Crippen LogP) is 6.11. The first kappa shape index (κ1) is 20.7. The molecule has 1 amide bonds. The molecule has 0 bridgehead atoms. The third kappa shape index (κ3) is 5.09. The van der Waals surface area contributed by atoms with Gasteiger partial charge in [0.2, 0.25) is 0 Å². The van der Waals surface area contributed by atoms with Crippen molar-refractivity contribution in [3.05, 3.63) is 87.4 Å². The van der Waals surface area contributed by atoms with Crippen molar-refractivity contribution in [2.45, 2.75) is 27.4 Å². The second-order valence-electron chi connectivity index (χ2n) is 7.01. The first-order chi connectivity index (χ1) is 13.9. The van der Waals surface area contributed by atoms with Crippen molar-refractivity contribution in [2.24, 2.45) is 0 Å². The summed E-state index contributed by atoms with van der Waals surface area (Å²) >= 11 is 6.15. The summed E-state index contributed by atoms with van der Waals surface area (Å²) in [6, 6.07) is 16.8. The average molecular weight is 410 g/mol. The molecule has 29 heavy (non-hydrogen) atoms. The largest absolute Gasteiger partial charge is 0.496 e. The Morgan fingerprint density at radius 3 is 2.41 bits per heavy atom. The highest BCUT2D eigenvalue weighted by Gasteiger charge is 2.13. The molecule has 0 saturated heterocycles. The Bertz CT molecular complexity index is 1030. The molecule has 0 aliphatic heterocycles. The van der Waals surface area contributed by atoms with Gasteiger partial charge in [0.1, 0.15) is 18.1 Å². The van der Waals surface area contributed by atoms with Crippen LogP contribution in [0.15, 0.2) is 54.6 Å². The van der Waals surface area contributed by atoms with E-state index in [2.05, 4.69) is 11.4 Å². The number of methoxy groups -OCH3 is 1. The molecule has 3 rings (SSSR count). The van der Waals surface area contributed by atoms with Gasteiger partial charge in [0.25, 0.3) is 5.91 Å². The maximum absolute atomic E-state index is 12.8. The molecular weight excluding hydrogens is 386 g/mol. The molecule has 0 fully saturated rings. The van der Waals surface area contributed by atoms with Crippen LogP contribution in [0.2, 0.25) is 5.02 Å². The lowest BCUT2D eigenvalue weighted by Crippen LogP contribution is -2.13. The molecule has 0 atom stereocenters. The molecule has 0 heterocycles. The van der Waals surface area contributed by atoms with E-state index in [0.29, 0.717) is 28.6 Å². The molecule has 4 nitrogen and oxygen atoms in total. The highest BCUT2D eigenvalue weighted by molar-refractivity contribution is 6.31. The van der Waals surface area contributed by atoms with Gasteiger partial charge in [0.05, 0.1) is 7.11 Å². The minimum atomic E-state index is -0.217. The lowest BCUT2D eigenvalue weighted by molar-refractivity contribution is 0.102. The quantitative estimate of drug-likeness (QED) is 0.534. The summed E-state index contributed by atoms with van der Waals surface area (Å²) in [6.45, 7) is 6.23. The standard InChI is InChI=1S/C24H24ClNO3/c1-15-10-16(2)12-20(11-15)29-14-19-13-18(8-9-23(19)28-4)24(27)26-22-7-5-6-21(25)17(22)3/h5-13H,14H2,1-4H3,(H,26,27). The predicted molar refractivity (Wildman–Crippen MR) is 117 cm³/mol. The van der Waals surface area contributed by atoms with Gasteiger partial charge in [0, 0.05) is 21.8 Å². The van der Waals surface area contributed by atoms with Gasteiger partial charge in [-0.05, 0) is 79.9 Å². The van der Waals surface area contributed by atoms with Crippen molar-refractivity contribution in [1.29, 1.82) is 0 Å². The monoisotopic (exact) mass is 409 g/mol. The zero-order valence-corrected chi connectivity index (χ0v) is 17.8. The minimum Gasteiger partial charge on any atom is -0.496 e. The van der Waals surface area contributed by atoms with Crippen molar-refractivity contribution in [1.82, 2.24) is 0 Å². The number of hydrogen-bond donors (Lipinski definition) is 1. The second-order valence-corrected chi connectivity index (χ2v) is 7.41. The van der Waals surface area contributed by atoms with E-state index in [1.807, 2.05) is 45.0 Å². The Hall–Kier alpha value is -2.98. The van der Waals surface area contributed by atoms with Crippen LogP contribution in [0.5, 0.6) is 11.5 Å². The Morgan fingerprint density at radius 2 is 1.72 bits per heavy atom. The maximum Gasteiger partial charge on any atom is 0.255 e. The minimum absolute atomic E-state index is 0.217. The molecule has 0 saturated carbocycles. The van der Waals surface area contributed by atoms with E-state index >= 15 is 0 Å². The molecule has 0 spiro atoms. The van der Waals surface area contributed by atoms with Gasteiger partial charge in [-0.15, -0.1) is 0 Å². The molecule has 0 radical (unpaired) electrons. The first-order valence-corrected chi connectivity index (χ1v) is 9.69. The number of carbonyl (C=O) groups excluding carboxylic acids is 1. The van der Waals surface area contributed by atoms with E-state index in [1.165, 1.54) is 0 Å². The Balaban J connectivity index is 1.80. The van der Waals surface area contributed by atoms with Crippen LogP contribution >= 0.6 is 11.6 Å². The SMILES string of the molecule is COc1ccc(C(=O)Nc2cccc(Cl)c2C)cc1COc1cc(C)cc(C)c1. The number of hydrogen-bond acceptors (Lipinski definition) is 3. The highest BCUT2D eigenvalue weighted by atomic mass is 35.5. The molecule has 3 aromatic carbocycles. The van der Waals surface area contributed by atoms with Crippen LogP contribution in [-0.4, -0.2) is 13.0 Å². The van der Waals surface area contributed by atoms with Crippen LogP contribution in [0.25, 0.3) is 0 Å². The molecule has 0 unspecified atom stereocenters. The van der Waals surface area contributed by atoms with Crippen LogP contribution in [0.3, 0.4) is 0 Å². The molecule has 0 aromatic heterocycles. The number of halogens is 1. The third-order valence-corrected chi connectivity index (χ3v) is 5.06. The summed E-state index contributed by atoms with van der Waals surface area (Å²) in [5, 5.41) is 3.53. The highest BCUT2D eigenvalue weighted by Crippen LogP contribution is 2.26. The third-order valence-electron chi connectivity index (χ3n) is 4.65. The van der Waals surface area contributed by atoms with Crippen LogP contribution in [0.1, 0.15) is 32.6 Å². The summed E-state index contributed by atoms with van der Waals surface area (Å²) in [5.41, 5.74) is 5.10. The number of aryl methyl sites for hydroxylation is 2. The first-order valence-electron chi connectivity index (χ1n) is 9.32. The summed E-state index contributed by atoms with van der Waals surface area (Å²) in [4.78, 5) is 12.8. The van der Waals surface area contributed by atoms with Gasteiger partial charge >= 0.3 is 0 Å². The smallest absolute Gasteiger partial charge is 0.255 e. The van der Waals surface area contributed by atoms with Gasteiger partial charge < -0.3 is 14.8 Å². The molecule has 150 valence electrons. The lowest BCUT2D eigenvalue weighted by Gasteiger charge is -2.14. The molecule has 3 aromatic rings. The average Bonchev–Trinajstić information content (AvgIpc) is 2.69. The second kappa shape index (κ2) is 9.01. The van der Waals surface area contributed by atoms with Gasteiger partial charge in [-0.3, -0.25) is 4.79 Å². The van der Waals surface area contributed by atoms with Crippen LogP contribution in [0.4, 0.5) is 5.69 Å². The Kier molecular flexibility index (Phi) is 6.45. The van der Waals surface area contributed by atoms with Gasteiger partial charge in [-0.25, -0.2) is 0 Å². The topological polar surface area (TPSA) is 47.6 Å². The fourth-order valence-corrected chi connectivity index (χ4v) is 3.32. The summed E-state index contributed by atoms with van der Waals surface area (Å²) < 4.78 is 11.4. The molecule has 1 N–H and O–H groups in total. The number of benzene rings is 3. The van der Waals surface area contributed by atoms with Crippen molar-refractivity contribution in [3.8, 4) is 11.5 Å². The van der Waals surface area contributed by atoms with E-state index < -0.39 is 0 Å². The number of rotatable bonds is 6. The number of amides is 1. The van der Waals surface area contributed by atoms with Gasteiger partial charge in [-0.1, -0.05) is 23.7 Å². The fourth-order valence-electron chi connectivity index (χ4n) is 3.15. The molecule has 5 heteroatoms. The zero-order valence-electron chi connectivity index (χ0n) is 17.0. The van der Waals surface area contributed by atoms with Crippen molar-refractivity contribution < 1.29 is 14.3 Å². The van der Waals surface area contributed by atoms with E-state index in [1.54, 1.807) is 31.4 Å². The lowest BCUT2D eigenvalue weighted by atomic mass is 10.1. The fraction of sp³-hybridized carbons (Fsp3) is 0.208. The van der Waals surface area contributed by atoms with Crippen LogP contribution < -0.4 is 14.8 Å². The molecule has 0 aliphatic carbocycles. The number of ether oxygens (including phenoxy) is 2. The van der Waals surface area contributed by atoms with Gasteiger partial charge in [0.15, 0.2) is 0 Å². The Morgan fingerprint density at radius 1 is 1.00 bits per heavy atom. The van der Waals surface area contributed by atoms with E-state index in [-0.39, 0.29) is 5.91 Å². The number of carbonyl (C=O) groups is 1. The van der Waals surface area contributed by atoms with Crippen LogP contribution in [0, 0.1) is 20.8 Å². The summed E-state index contributed by atoms with van der Waals surface area (Å²) in [6.07, 6.45) is 0. The number of anilines is 1. The zero-order chi connectivity index (χ0) is 21.0. The Labute approximate surface area is 176 Å².